The summed E-state index contributed by atoms with van der Waals surface area (Å²) in [5.74, 6) is 0.0825. The van der Waals surface area contributed by atoms with Crippen molar-refractivity contribution < 1.29 is 4.79 Å². The first-order valence-electron chi connectivity index (χ1n) is 8.73. The van der Waals surface area contributed by atoms with Crippen molar-refractivity contribution in [3.63, 3.8) is 0 Å². The highest BCUT2D eigenvalue weighted by Crippen LogP contribution is 2.41. The Morgan fingerprint density at radius 3 is 1.62 bits per heavy atom. The topological polar surface area (TPSA) is 71.2 Å². The number of allylic oxidation sites excluding steroid dienone is 2. The summed E-state index contributed by atoms with van der Waals surface area (Å²) < 4.78 is 0. The van der Waals surface area contributed by atoms with Crippen LogP contribution in [0.5, 0.6) is 0 Å². The van der Waals surface area contributed by atoms with Gasteiger partial charge >= 0.3 is 0 Å². The molecule has 26 heavy (non-hydrogen) atoms. The van der Waals surface area contributed by atoms with Crippen LogP contribution >= 0.6 is 0 Å². The molecule has 0 bridgehead atoms. The van der Waals surface area contributed by atoms with E-state index < -0.39 is 5.54 Å². The second-order valence-electron chi connectivity index (χ2n) is 8.98. The smallest absolute Gasteiger partial charge is 0.185 e. The third kappa shape index (κ3) is 4.40. The Hall–Kier alpha value is -2.43. The average Bonchev–Trinajstić information content (AvgIpc) is 2.54. The number of Topliss-reactive ketones (excluding diaryl/α,β-unsaturated/α-hetero) is 1. The number of carbonyl (C=O) groups excluding carboxylic acids is 1. The molecule has 2 rings (SSSR count). The molecule has 0 fully saturated rings. The first kappa shape index (κ1) is 19.9. The molecule has 5 heteroatoms. The van der Waals surface area contributed by atoms with Gasteiger partial charge in [0.15, 0.2) is 5.78 Å². The molecule has 0 aliphatic heterocycles. The van der Waals surface area contributed by atoms with Crippen molar-refractivity contribution in [2.75, 3.05) is 0 Å². The Labute approximate surface area is 155 Å². The average molecular weight is 353 g/mol. The van der Waals surface area contributed by atoms with E-state index in [2.05, 4.69) is 15.4 Å². The summed E-state index contributed by atoms with van der Waals surface area (Å²) in [5.41, 5.74) is 1.22. The number of hydrogen-bond acceptors (Lipinski definition) is 5. The van der Waals surface area contributed by atoms with Gasteiger partial charge in [-0.25, -0.2) is 0 Å². The van der Waals surface area contributed by atoms with Crippen LogP contribution in [0.25, 0.3) is 0 Å². The van der Waals surface area contributed by atoms with Gasteiger partial charge in [-0.1, -0.05) is 41.5 Å². The lowest BCUT2D eigenvalue weighted by Gasteiger charge is -2.35. The fraction of sp³-hybridized carbons (Fsp3) is 0.476. The van der Waals surface area contributed by atoms with Gasteiger partial charge in [0, 0.05) is 11.1 Å². The minimum absolute atomic E-state index is 0.0825. The lowest BCUT2D eigenvalue weighted by molar-refractivity contribution is -0.114. The van der Waals surface area contributed by atoms with E-state index in [0.29, 0.717) is 11.4 Å². The van der Waals surface area contributed by atoms with Crippen LogP contribution in [0.3, 0.4) is 0 Å². The second-order valence-corrected chi connectivity index (χ2v) is 8.98. The second kappa shape index (κ2) is 6.71. The number of nitrogens with zero attached hydrogens (tertiary/aromatic N) is 3. The van der Waals surface area contributed by atoms with Gasteiger partial charge in [-0.05, 0) is 59.3 Å². The molecule has 138 valence electrons. The standard InChI is InChI=1S/C21H27N3O2/c1-19(2,3)16-12-21(7,13-17(18(16)25)20(4,5)6)24-22-14-8-10-15(23-26)11-9-14/h8-13H,1-7H3. The Morgan fingerprint density at radius 1 is 0.808 bits per heavy atom. The summed E-state index contributed by atoms with van der Waals surface area (Å²) >= 11 is 0. The number of ketones is 1. The molecule has 0 atom stereocenters. The van der Waals surface area contributed by atoms with Gasteiger partial charge in [-0.3, -0.25) is 4.79 Å². The SMILES string of the molecule is CC1(N=Nc2ccc(N=O)cc2)C=C(C(C)(C)C)C(=O)C(C(C)(C)C)=C1. The van der Waals surface area contributed by atoms with Crippen LogP contribution < -0.4 is 0 Å². The molecule has 1 aliphatic carbocycles. The van der Waals surface area contributed by atoms with E-state index in [1.807, 2.05) is 60.6 Å². The van der Waals surface area contributed by atoms with Gasteiger partial charge in [0.25, 0.3) is 0 Å². The van der Waals surface area contributed by atoms with Gasteiger partial charge in [-0.2, -0.15) is 10.2 Å². The zero-order chi connectivity index (χ0) is 19.8. The molecule has 0 radical (unpaired) electrons. The molecule has 1 aromatic carbocycles. The van der Waals surface area contributed by atoms with Gasteiger partial charge in [0.05, 0.1) is 5.69 Å². The van der Waals surface area contributed by atoms with Gasteiger partial charge in [-0.15, -0.1) is 4.91 Å². The Balaban J connectivity index is 2.49. The highest BCUT2D eigenvalue weighted by Gasteiger charge is 2.39. The highest BCUT2D eigenvalue weighted by molar-refractivity contribution is 6.11. The van der Waals surface area contributed by atoms with E-state index in [9.17, 15) is 9.70 Å². The molecule has 1 aliphatic rings. The van der Waals surface area contributed by atoms with E-state index in [0.717, 1.165) is 11.1 Å². The minimum Gasteiger partial charge on any atom is -0.289 e. The number of rotatable bonds is 3. The van der Waals surface area contributed by atoms with Crippen molar-refractivity contribution in [1.29, 1.82) is 0 Å². The maximum absolute atomic E-state index is 13.0. The molecule has 0 N–H and O–H groups in total. The highest BCUT2D eigenvalue weighted by atomic mass is 16.3. The quantitative estimate of drug-likeness (QED) is 0.462. The molecular weight excluding hydrogens is 326 g/mol. The maximum Gasteiger partial charge on any atom is 0.185 e. The molecule has 0 aromatic heterocycles. The molecule has 0 unspecified atom stereocenters. The summed E-state index contributed by atoms with van der Waals surface area (Å²) in [5, 5.41) is 11.7. The summed E-state index contributed by atoms with van der Waals surface area (Å²) in [4.78, 5) is 23.5. The van der Waals surface area contributed by atoms with Crippen molar-refractivity contribution in [3.05, 3.63) is 52.5 Å². The van der Waals surface area contributed by atoms with E-state index in [-0.39, 0.29) is 16.6 Å². The number of carbonyl (C=O) groups is 1. The molecule has 0 saturated carbocycles. The molecule has 1 aromatic rings. The van der Waals surface area contributed by atoms with Crippen LogP contribution in [-0.2, 0) is 4.79 Å². The summed E-state index contributed by atoms with van der Waals surface area (Å²) in [6.07, 6.45) is 3.82. The van der Waals surface area contributed by atoms with Crippen molar-refractivity contribution in [3.8, 4) is 0 Å². The predicted molar refractivity (Wildman–Crippen MR) is 105 cm³/mol. The Kier molecular flexibility index (Phi) is 5.13. The molecular formula is C21H27N3O2. The third-order valence-electron chi connectivity index (χ3n) is 4.31. The van der Waals surface area contributed by atoms with E-state index in [4.69, 9.17) is 0 Å². The fourth-order valence-corrected chi connectivity index (χ4v) is 2.82. The Morgan fingerprint density at radius 2 is 1.23 bits per heavy atom. The van der Waals surface area contributed by atoms with Crippen LogP contribution in [-0.4, -0.2) is 11.3 Å². The van der Waals surface area contributed by atoms with Gasteiger partial charge in [0.2, 0.25) is 0 Å². The summed E-state index contributed by atoms with van der Waals surface area (Å²) in [7, 11) is 0. The minimum atomic E-state index is -0.708. The van der Waals surface area contributed by atoms with Crippen LogP contribution in [0.4, 0.5) is 11.4 Å². The van der Waals surface area contributed by atoms with Crippen LogP contribution in [0.15, 0.2) is 63.0 Å². The predicted octanol–water partition coefficient (Wildman–Crippen LogP) is 6.45. The molecule has 0 saturated heterocycles. The lowest BCUT2D eigenvalue weighted by atomic mass is 9.69. The normalized spacial score (nSPS) is 17.9. The number of hydrogen-bond donors (Lipinski definition) is 0. The molecule has 0 amide bonds. The zero-order valence-electron chi connectivity index (χ0n) is 16.6. The van der Waals surface area contributed by atoms with Crippen LogP contribution in [0.1, 0.15) is 48.5 Å². The van der Waals surface area contributed by atoms with Crippen molar-refractivity contribution in [1.82, 2.24) is 0 Å². The van der Waals surface area contributed by atoms with E-state index in [1.54, 1.807) is 24.3 Å². The molecule has 0 spiro atoms. The third-order valence-corrected chi connectivity index (χ3v) is 4.31. The van der Waals surface area contributed by atoms with Gasteiger partial charge in [0.1, 0.15) is 11.2 Å². The first-order chi connectivity index (χ1) is 11.9. The van der Waals surface area contributed by atoms with Crippen molar-refractivity contribution >= 4 is 17.2 Å². The van der Waals surface area contributed by atoms with Crippen molar-refractivity contribution in [2.45, 2.75) is 54.0 Å². The summed E-state index contributed by atoms with van der Waals surface area (Å²) in [6, 6.07) is 6.59. The molecule has 0 heterocycles. The van der Waals surface area contributed by atoms with Crippen LogP contribution in [0, 0.1) is 15.7 Å². The van der Waals surface area contributed by atoms with E-state index >= 15 is 0 Å². The fourth-order valence-electron chi connectivity index (χ4n) is 2.82. The zero-order valence-corrected chi connectivity index (χ0v) is 16.6. The van der Waals surface area contributed by atoms with Crippen molar-refractivity contribution in [2.24, 2.45) is 26.2 Å². The maximum atomic E-state index is 13.0. The number of benzene rings is 1. The molecule has 5 nitrogen and oxygen atoms in total. The monoisotopic (exact) mass is 353 g/mol. The van der Waals surface area contributed by atoms with Gasteiger partial charge < -0.3 is 0 Å². The van der Waals surface area contributed by atoms with E-state index in [1.165, 1.54) is 0 Å². The Bertz CT molecular complexity index is 767. The largest absolute Gasteiger partial charge is 0.289 e. The van der Waals surface area contributed by atoms with Crippen LogP contribution in [0.2, 0.25) is 0 Å². The number of nitroso groups, excluding NO2 is 1. The summed E-state index contributed by atoms with van der Waals surface area (Å²) in [6.45, 7) is 14.1. The first-order valence-corrected chi connectivity index (χ1v) is 8.73. The lowest BCUT2D eigenvalue weighted by Crippen LogP contribution is -2.34. The number of azo groups is 1.